The number of rotatable bonds is 3. The summed E-state index contributed by atoms with van der Waals surface area (Å²) in [6.45, 7) is 1.18. The van der Waals surface area contributed by atoms with E-state index in [2.05, 4.69) is 20.8 Å². The molecule has 3 N–H and O–H groups in total. The smallest absolute Gasteiger partial charge is 0.104 e. The van der Waals surface area contributed by atoms with Crippen molar-refractivity contribution in [1.29, 1.82) is 0 Å². The molecular formula is C14H19BrN2OS. The van der Waals surface area contributed by atoms with Crippen molar-refractivity contribution in [1.82, 2.24) is 0 Å². The van der Waals surface area contributed by atoms with Crippen LogP contribution in [-0.4, -0.2) is 29.3 Å². The summed E-state index contributed by atoms with van der Waals surface area (Å²) < 4.78 is 0.984. The number of halogens is 1. The third-order valence-corrected chi connectivity index (χ3v) is 4.50. The fraction of sp³-hybridized carbons (Fsp3) is 0.500. The van der Waals surface area contributed by atoms with Gasteiger partial charge in [-0.25, -0.2) is 0 Å². The minimum Gasteiger partial charge on any atom is -0.394 e. The molecule has 0 amide bonds. The molecule has 1 unspecified atom stereocenters. The standard InChI is InChI=1S/C14H19BrN2OS/c15-12-8-10(14(16)19)5-6-13(12)17-7-3-1-2-4-11(17)9-18/h5-6,8,11,18H,1-4,7,9H2,(H2,16,19). The zero-order chi connectivity index (χ0) is 13.8. The average Bonchev–Trinajstić information content (AvgIpc) is 2.63. The van der Waals surface area contributed by atoms with E-state index < -0.39 is 0 Å². The van der Waals surface area contributed by atoms with Crippen LogP contribution < -0.4 is 10.6 Å². The lowest BCUT2D eigenvalue weighted by Gasteiger charge is -2.31. The average molecular weight is 343 g/mol. The highest BCUT2D eigenvalue weighted by atomic mass is 79.9. The molecule has 19 heavy (non-hydrogen) atoms. The van der Waals surface area contributed by atoms with Crippen LogP contribution in [0.5, 0.6) is 0 Å². The van der Waals surface area contributed by atoms with Gasteiger partial charge in [-0.1, -0.05) is 25.1 Å². The fourth-order valence-corrected chi connectivity index (χ4v) is 3.31. The molecular weight excluding hydrogens is 324 g/mol. The normalized spacial score (nSPS) is 20.1. The molecule has 1 fully saturated rings. The van der Waals surface area contributed by atoms with E-state index in [1.165, 1.54) is 19.3 Å². The predicted octanol–water partition coefficient (Wildman–Crippen LogP) is 2.82. The summed E-state index contributed by atoms with van der Waals surface area (Å²) in [4.78, 5) is 2.70. The quantitative estimate of drug-likeness (QED) is 0.829. The molecule has 5 heteroatoms. The Kier molecular flexibility index (Phi) is 5.19. The molecule has 0 saturated carbocycles. The van der Waals surface area contributed by atoms with Crippen LogP contribution in [0, 0.1) is 0 Å². The van der Waals surface area contributed by atoms with Crippen LogP contribution in [0.15, 0.2) is 22.7 Å². The van der Waals surface area contributed by atoms with Gasteiger partial charge in [-0.05, 0) is 47.0 Å². The number of nitrogens with two attached hydrogens (primary N) is 1. The molecule has 1 saturated heterocycles. The van der Waals surface area contributed by atoms with Gasteiger partial charge in [0.15, 0.2) is 0 Å². The molecule has 0 radical (unpaired) electrons. The lowest BCUT2D eigenvalue weighted by molar-refractivity contribution is 0.255. The Balaban J connectivity index is 2.30. The third kappa shape index (κ3) is 3.46. The van der Waals surface area contributed by atoms with Gasteiger partial charge in [0.25, 0.3) is 0 Å². The van der Waals surface area contributed by atoms with Crippen LogP contribution in [0.4, 0.5) is 5.69 Å². The Morgan fingerprint density at radius 3 is 2.84 bits per heavy atom. The van der Waals surface area contributed by atoms with Crippen molar-refractivity contribution < 1.29 is 5.11 Å². The van der Waals surface area contributed by atoms with Gasteiger partial charge in [-0.15, -0.1) is 0 Å². The Labute approximate surface area is 127 Å². The summed E-state index contributed by atoms with van der Waals surface area (Å²) in [6.07, 6.45) is 4.62. The van der Waals surface area contributed by atoms with Crippen molar-refractivity contribution in [3.05, 3.63) is 28.2 Å². The molecule has 0 aliphatic carbocycles. The van der Waals surface area contributed by atoms with E-state index in [0.29, 0.717) is 4.99 Å². The molecule has 1 aliphatic rings. The van der Waals surface area contributed by atoms with Crippen LogP contribution in [0.2, 0.25) is 0 Å². The number of aliphatic hydroxyl groups excluding tert-OH is 1. The highest BCUT2D eigenvalue weighted by Crippen LogP contribution is 2.31. The highest BCUT2D eigenvalue weighted by Gasteiger charge is 2.22. The largest absolute Gasteiger partial charge is 0.394 e. The van der Waals surface area contributed by atoms with Gasteiger partial charge in [-0.3, -0.25) is 0 Å². The summed E-state index contributed by atoms with van der Waals surface area (Å²) in [6, 6.07) is 6.14. The summed E-state index contributed by atoms with van der Waals surface area (Å²) in [5.41, 5.74) is 7.62. The van der Waals surface area contributed by atoms with E-state index in [1.807, 2.05) is 18.2 Å². The van der Waals surface area contributed by atoms with Gasteiger partial charge in [-0.2, -0.15) is 0 Å². The number of anilines is 1. The van der Waals surface area contributed by atoms with Crippen molar-refractivity contribution in [3.63, 3.8) is 0 Å². The minimum atomic E-state index is 0.198. The molecule has 1 aliphatic heterocycles. The van der Waals surface area contributed by atoms with Crippen LogP contribution in [0.25, 0.3) is 0 Å². The second-order valence-electron chi connectivity index (χ2n) is 4.91. The molecule has 104 valence electrons. The summed E-state index contributed by atoms with van der Waals surface area (Å²) in [5, 5.41) is 9.58. The van der Waals surface area contributed by atoms with Gasteiger partial charge in [0.2, 0.25) is 0 Å². The van der Waals surface area contributed by atoms with Gasteiger partial charge in [0, 0.05) is 16.6 Å². The Hall–Kier alpha value is -0.650. The summed E-state index contributed by atoms with van der Waals surface area (Å²) in [5.74, 6) is 0. The number of hydrogen-bond donors (Lipinski definition) is 2. The van der Waals surface area contributed by atoms with E-state index in [1.54, 1.807) is 0 Å². The number of thiocarbonyl (C=S) groups is 1. The van der Waals surface area contributed by atoms with E-state index in [9.17, 15) is 5.11 Å². The first kappa shape index (κ1) is 14.8. The number of benzene rings is 1. The number of aliphatic hydroxyl groups is 1. The SMILES string of the molecule is NC(=S)c1ccc(N2CCCCCC2CO)c(Br)c1. The van der Waals surface area contributed by atoms with Crippen LogP contribution >= 0.6 is 28.1 Å². The lowest BCUT2D eigenvalue weighted by Crippen LogP contribution is -2.37. The molecule has 1 atom stereocenters. The second kappa shape index (κ2) is 6.68. The third-order valence-electron chi connectivity index (χ3n) is 3.63. The molecule has 1 aromatic rings. The highest BCUT2D eigenvalue weighted by molar-refractivity contribution is 9.10. The Bertz CT molecular complexity index is 467. The maximum Gasteiger partial charge on any atom is 0.104 e. The first-order chi connectivity index (χ1) is 9.13. The van der Waals surface area contributed by atoms with Crippen molar-refractivity contribution in [2.24, 2.45) is 5.73 Å². The molecule has 2 rings (SSSR count). The minimum absolute atomic E-state index is 0.198. The molecule has 0 bridgehead atoms. The van der Waals surface area contributed by atoms with Gasteiger partial charge < -0.3 is 15.7 Å². The summed E-state index contributed by atoms with van der Waals surface area (Å²) in [7, 11) is 0. The van der Waals surface area contributed by atoms with Crippen molar-refractivity contribution in [2.75, 3.05) is 18.1 Å². The van der Waals surface area contributed by atoms with Crippen molar-refractivity contribution >= 4 is 38.8 Å². The fourth-order valence-electron chi connectivity index (χ4n) is 2.58. The summed E-state index contributed by atoms with van der Waals surface area (Å²) >= 11 is 8.59. The Morgan fingerprint density at radius 1 is 1.42 bits per heavy atom. The monoisotopic (exact) mass is 342 g/mol. The first-order valence-corrected chi connectivity index (χ1v) is 7.80. The van der Waals surface area contributed by atoms with Gasteiger partial charge in [0.05, 0.1) is 18.3 Å². The van der Waals surface area contributed by atoms with Gasteiger partial charge >= 0.3 is 0 Å². The van der Waals surface area contributed by atoms with Crippen molar-refractivity contribution in [2.45, 2.75) is 31.7 Å². The number of hydrogen-bond acceptors (Lipinski definition) is 3. The van der Waals surface area contributed by atoms with Crippen LogP contribution in [0.3, 0.4) is 0 Å². The van der Waals surface area contributed by atoms with E-state index in [0.717, 1.165) is 28.7 Å². The Morgan fingerprint density at radius 2 is 2.21 bits per heavy atom. The second-order valence-corrected chi connectivity index (χ2v) is 6.20. The predicted molar refractivity (Wildman–Crippen MR) is 86.7 cm³/mol. The van der Waals surface area contributed by atoms with E-state index in [-0.39, 0.29) is 12.6 Å². The topological polar surface area (TPSA) is 49.5 Å². The maximum atomic E-state index is 9.58. The zero-order valence-electron chi connectivity index (χ0n) is 10.8. The molecule has 0 aromatic heterocycles. The molecule has 1 heterocycles. The molecule has 3 nitrogen and oxygen atoms in total. The van der Waals surface area contributed by atoms with Crippen molar-refractivity contribution in [3.8, 4) is 0 Å². The van der Waals surface area contributed by atoms with E-state index >= 15 is 0 Å². The number of nitrogens with zero attached hydrogens (tertiary/aromatic N) is 1. The zero-order valence-corrected chi connectivity index (χ0v) is 13.2. The van der Waals surface area contributed by atoms with Crippen LogP contribution in [0.1, 0.15) is 31.2 Å². The van der Waals surface area contributed by atoms with Crippen LogP contribution in [-0.2, 0) is 0 Å². The molecule has 1 aromatic carbocycles. The lowest BCUT2D eigenvalue weighted by atomic mass is 10.1. The maximum absolute atomic E-state index is 9.58. The van der Waals surface area contributed by atoms with Gasteiger partial charge in [0.1, 0.15) is 4.99 Å². The molecule has 0 spiro atoms. The van der Waals surface area contributed by atoms with E-state index in [4.69, 9.17) is 18.0 Å². The first-order valence-electron chi connectivity index (χ1n) is 6.60.